The van der Waals surface area contributed by atoms with Crippen molar-refractivity contribution in [1.82, 2.24) is 0 Å². The second-order valence-electron chi connectivity index (χ2n) is 4.61. The molecule has 0 N–H and O–H groups in total. The Labute approximate surface area is 70.1 Å². The Morgan fingerprint density at radius 3 is 2.36 bits per heavy atom. The lowest BCUT2D eigenvalue weighted by molar-refractivity contribution is 0.00640. The van der Waals surface area contributed by atoms with E-state index in [1.165, 1.54) is 12.8 Å². The fraction of sp³-hybridized carbons (Fsp3) is 1.00. The molecule has 2 unspecified atom stereocenters. The quantitative estimate of drug-likeness (QED) is 0.567. The molecule has 1 aliphatic heterocycles. The molecule has 1 heteroatoms. The SMILES string of the molecule is CCC1CCOC1C(C)(C)C. The zero-order chi connectivity index (χ0) is 8.48. The van der Waals surface area contributed by atoms with Gasteiger partial charge in [-0.05, 0) is 17.8 Å². The summed E-state index contributed by atoms with van der Waals surface area (Å²) in [4.78, 5) is 0. The molecule has 1 nitrogen and oxygen atoms in total. The van der Waals surface area contributed by atoms with Crippen LogP contribution in [0.4, 0.5) is 0 Å². The van der Waals surface area contributed by atoms with E-state index in [0.717, 1.165) is 12.5 Å². The number of hydrogen-bond acceptors (Lipinski definition) is 1. The molecule has 66 valence electrons. The molecule has 2 atom stereocenters. The van der Waals surface area contributed by atoms with Gasteiger partial charge in [-0.25, -0.2) is 0 Å². The third kappa shape index (κ3) is 1.96. The zero-order valence-electron chi connectivity index (χ0n) is 8.18. The summed E-state index contributed by atoms with van der Waals surface area (Å²) in [5.41, 5.74) is 0.331. The van der Waals surface area contributed by atoms with E-state index in [2.05, 4.69) is 27.7 Å². The summed E-state index contributed by atoms with van der Waals surface area (Å²) in [5, 5.41) is 0. The Hall–Kier alpha value is -0.0400. The van der Waals surface area contributed by atoms with Crippen LogP contribution >= 0.6 is 0 Å². The Morgan fingerprint density at radius 2 is 2.00 bits per heavy atom. The van der Waals surface area contributed by atoms with Gasteiger partial charge in [-0.2, -0.15) is 0 Å². The molecular weight excluding hydrogens is 136 g/mol. The van der Waals surface area contributed by atoms with Gasteiger partial charge in [-0.15, -0.1) is 0 Å². The van der Waals surface area contributed by atoms with Crippen LogP contribution in [-0.4, -0.2) is 12.7 Å². The van der Waals surface area contributed by atoms with Crippen molar-refractivity contribution in [3.05, 3.63) is 0 Å². The molecule has 0 aromatic heterocycles. The second-order valence-corrected chi connectivity index (χ2v) is 4.61. The predicted molar refractivity (Wildman–Crippen MR) is 47.6 cm³/mol. The van der Waals surface area contributed by atoms with Crippen LogP contribution in [0, 0.1) is 11.3 Å². The number of rotatable bonds is 1. The number of ether oxygens (including phenoxy) is 1. The minimum atomic E-state index is 0.331. The fourth-order valence-electron chi connectivity index (χ4n) is 2.01. The molecule has 0 spiro atoms. The first-order valence-electron chi connectivity index (χ1n) is 4.67. The van der Waals surface area contributed by atoms with E-state index in [-0.39, 0.29) is 0 Å². The maximum absolute atomic E-state index is 5.72. The summed E-state index contributed by atoms with van der Waals surface area (Å²) in [6.45, 7) is 10.0. The van der Waals surface area contributed by atoms with Crippen LogP contribution in [0.3, 0.4) is 0 Å². The van der Waals surface area contributed by atoms with E-state index in [4.69, 9.17) is 4.74 Å². The zero-order valence-corrected chi connectivity index (χ0v) is 8.18. The van der Waals surface area contributed by atoms with Gasteiger partial charge in [-0.3, -0.25) is 0 Å². The normalized spacial score (nSPS) is 32.7. The average Bonchev–Trinajstić information content (AvgIpc) is 2.31. The maximum atomic E-state index is 5.72. The van der Waals surface area contributed by atoms with Crippen LogP contribution in [0.1, 0.15) is 40.5 Å². The lowest BCUT2D eigenvalue weighted by Crippen LogP contribution is -2.31. The topological polar surface area (TPSA) is 9.23 Å². The summed E-state index contributed by atoms with van der Waals surface area (Å²) < 4.78 is 5.72. The highest BCUT2D eigenvalue weighted by atomic mass is 16.5. The van der Waals surface area contributed by atoms with Crippen molar-refractivity contribution in [1.29, 1.82) is 0 Å². The van der Waals surface area contributed by atoms with Crippen molar-refractivity contribution in [3.8, 4) is 0 Å². The molecule has 0 saturated carbocycles. The predicted octanol–water partition coefficient (Wildman–Crippen LogP) is 2.85. The van der Waals surface area contributed by atoms with Gasteiger partial charge in [-0.1, -0.05) is 34.1 Å². The highest BCUT2D eigenvalue weighted by molar-refractivity contribution is 4.84. The summed E-state index contributed by atoms with van der Waals surface area (Å²) in [6, 6.07) is 0. The van der Waals surface area contributed by atoms with Gasteiger partial charge in [0.2, 0.25) is 0 Å². The van der Waals surface area contributed by atoms with Gasteiger partial charge in [0.15, 0.2) is 0 Å². The van der Waals surface area contributed by atoms with Gasteiger partial charge in [0.25, 0.3) is 0 Å². The third-order valence-electron chi connectivity index (χ3n) is 2.59. The fourth-order valence-corrected chi connectivity index (χ4v) is 2.01. The summed E-state index contributed by atoms with van der Waals surface area (Å²) in [7, 11) is 0. The highest BCUT2D eigenvalue weighted by Crippen LogP contribution is 2.36. The van der Waals surface area contributed by atoms with Crippen LogP contribution in [0.25, 0.3) is 0 Å². The molecule has 1 heterocycles. The van der Waals surface area contributed by atoms with Crippen LogP contribution in [0.2, 0.25) is 0 Å². The van der Waals surface area contributed by atoms with Gasteiger partial charge < -0.3 is 4.74 Å². The molecular formula is C10H20O. The van der Waals surface area contributed by atoms with E-state index in [9.17, 15) is 0 Å². The number of hydrogen-bond donors (Lipinski definition) is 0. The second kappa shape index (κ2) is 3.14. The highest BCUT2D eigenvalue weighted by Gasteiger charge is 2.35. The summed E-state index contributed by atoms with van der Waals surface area (Å²) in [6.07, 6.45) is 3.02. The minimum Gasteiger partial charge on any atom is -0.377 e. The van der Waals surface area contributed by atoms with Gasteiger partial charge >= 0.3 is 0 Å². The van der Waals surface area contributed by atoms with Crippen LogP contribution in [0.15, 0.2) is 0 Å². The third-order valence-corrected chi connectivity index (χ3v) is 2.59. The Bertz CT molecular complexity index is 123. The molecule has 0 aliphatic carbocycles. The molecule has 1 fully saturated rings. The molecule has 11 heavy (non-hydrogen) atoms. The molecule has 1 rings (SSSR count). The van der Waals surface area contributed by atoms with E-state index < -0.39 is 0 Å². The van der Waals surface area contributed by atoms with Crippen molar-refractivity contribution in [2.45, 2.75) is 46.6 Å². The molecule has 1 aliphatic rings. The van der Waals surface area contributed by atoms with Crippen molar-refractivity contribution in [3.63, 3.8) is 0 Å². The summed E-state index contributed by atoms with van der Waals surface area (Å²) in [5.74, 6) is 0.801. The first kappa shape index (κ1) is 9.05. The van der Waals surface area contributed by atoms with Gasteiger partial charge in [0.1, 0.15) is 0 Å². The monoisotopic (exact) mass is 156 g/mol. The van der Waals surface area contributed by atoms with Gasteiger partial charge in [0, 0.05) is 6.61 Å². The van der Waals surface area contributed by atoms with Crippen molar-refractivity contribution < 1.29 is 4.74 Å². The Kier molecular flexibility index (Phi) is 2.58. The Balaban J connectivity index is 2.57. The van der Waals surface area contributed by atoms with Crippen LogP contribution < -0.4 is 0 Å². The lowest BCUT2D eigenvalue weighted by atomic mass is 9.80. The van der Waals surface area contributed by atoms with Crippen molar-refractivity contribution in [2.24, 2.45) is 11.3 Å². The molecule has 0 aromatic carbocycles. The van der Waals surface area contributed by atoms with Crippen LogP contribution in [-0.2, 0) is 4.74 Å². The van der Waals surface area contributed by atoms with Crippen molar-refractivity contribution in [2.75, 3.05) is 6.61 Å². The van der Waals surface area contributed by atoms with E-state index in [1.807, 2.05) is 0 Å². The van der Waals surface area contributed by atoms with E-state index in [1.54, 1.807) is 0 Å². The molecule has 0 amide bonds. The smallest absolute Gasteiger partial charge is 0.0652 e. The standard InChI is InChI=1S/C10H20O/c1-5-8-6-7-11-9(8)10(2,3)4/h8-9H,5-7H2,1-4H3. The minimum absolute atomic E-state index is 0.331. The first-order chi connectivity index (χ1) is 5.05. The first-order valence-corrected chi connectivity index (χ1v) is 4.67. The molecule has 1 saturated heterocycles. The largest absolute Gasteiger partial charge is 0.377 e. The van der Waals surface area contributed by atoms with E-state index in [0.29, 0.717) is 11.5 Å². The van der Waals surface area contributed by atoms with E-state index >= 15 is 0 Å². The molecule has 0 bridgehead atoms. The van der Waals surface area contributed by atoms with Crippen LogP contribution in [0.5, 0.6) is 0 Å². The maximum Gasteiger partial charge on any atom is 0.0652 e. The average molecular weight is 156 g/mol. The summed E-state index contributed by atoms with van der Waals surface area (Å²) >= 11 is 0. The molecule has 0 radical (unpaired) electrons. The Morgan fingerprint density at radius 1 is 1.36 bits per heavy atom. The molecule has 0 aromatic rings. The van der Waals surface area contributed by atoms with Gasteiger partial charge in [0.05, 0.1) is 6.10 Å². The van der Waals surface area contributed by atoms with Crippen molar-refractivity contribution >= 4 is 0 Å². The lowest BCUT2D eigenvalue weighted by Gasteiger charge is -2.30.